The molecular formula is C26H30N4O2S2. The first-order chi connectivity index (χ1) is 16.4. The number of thioether (sulfide) groups is 1. The van der Waals surface area contributed by atoms with Crippen molar-refractivity contribution in [2.24, 2.45) is 23.2 Å². The summed E-state index contributed by atoms with van der Waals surface area (Å²) in [6, 6.07) is 9.56. The highest BCUT2D eigenvalue weighted by Gasteiger charge is 2.54. The van der Waals surface area contributed by atoms with Crippen LogP contribution >= 0.6 is 23.1 Å². The fourth-order valence-corrected chi connectivity index (χ4v) is 8.50. The summed E-state index contributed by atoms with van der Waals surface area (Å²) in [7, 11) is 0. The molecule has 0 atom stereocenters. The van der Waals surface area contributed by atoms with Gasteiger partial charge in [-0.2, -0.15) is 9.61 Å². The van der Waals surface area contributed by atoms with E-state index in [0.29, 0.717) is 10.7 Å². The molecule has 3 aromatic rings. The summed E-state index contributed by atoms with van der Waals surface area (Å²) in [4.78, 5) is 32.5. The molecule has 4 aliphatic rings. The Morgan fingerprint density at radius 3 is 2.53 bits per heavy atom. The van der Waals surface area contributed by atoms with Crippen LogP contribution in [0.3, 0.4) is 0 Å². The summed E-state index contributed by atoms with van der Waals surface area (Å²) in [5.74, 6) is 3.25. The monoisotopic (exact) mass is 494 g/mol. The first-order valence-corrected chi connectivity index (χ1v) is 14.1. The molecule has 6 nitrogen and oxygen atoms in total. The Kier molecular flexibility index (Phi) is 5.56. The third-order valence-electron chi connectivity index (χ3n) is 7.84. The van der Waals surface area contributed by atoms with E-state index in [1.807, 2.05) is 24.3 Å². The highest BCUT2D eigenvalue weighted by Crippen LogP contribution is 2.60. The lowest BCUT2D eigenvalue weighted by atomic mass is 9.49. The molecule has 0 saturated heterocycles. The maximum absolute atomic E-state index is 13.6. The number of nitrogens with one attached hydrogen (secondary N) is 1. The van der Waals surface area contributed by atoms with Gasteiger partial charge in [-0.25, -0.2) is 4.98 Å². The number of amides is 1. The van der Waals surface area contributed by atoms with Crippen LogP contribution in [0.4, 0.5) is 5.69 Å². The van der Waals surface area contributed by atoms with Crippen molar-refractivity contribution in [1.82, 2.24) is 14.6 Å². The van der Waals surface area contributed by atoms with Crippen molar-refractivity contribution in [3.05, 3.63) is 51.4 Å². The minimum absolute atomic E-state index is 0.146. The number of anilines is 1. The van der Waals surface area contributed by atoms with Gasteiger partial charge in [-0.3, -0.25) is 9.59 Å². The van der Waals surface area contributed by atoms with E-state index in [0.717, 1.165) is 58.3 Å². The summed E-state index contributed by atoms with van der Waals surface area (Å²) in [6.07, 6.45) is 7.15. The molecule has 4 aliphatic carbocycles. The van der Waals surface area contributed by atoms with Crippen LogP contribution in [0.1, 0.15) is 69.0 Å². The zero-order valence-corrected chi connectivity index (χ0v) is 21.3. The minimum atomic E-state index is -0.173. The Labute approximate surface area is 207 Å². The number of aromatic nitrogens is 3. The van der Waals surface area contributed by atoms with Gasteiger partial charge in [0.25, 0.3) is 5.56 Å². The zero-order valence-electron chi connectivity index (χ0n) is 19.6. The first-order valence-electron chi connectivity index (χ1n) is 12.3. The average Bonchev–Trinajstić information content (AvgIpc) is 3.23. The Balaban J connectivity index is 1.19. The quantitative estimate of drug-likeness (QED) is 0.444. The molecule has 1 amide bonds. The van der Waals surface area contributed by atoms with Crippen molar-refractivity contribution in [2.45, 2.75) is 68.9 Å². The number of nitrogens with zero attached hydrogens (tertiary/aromatic N) is 3. The van der Waals surface area contributed by atoms with E-state index in [-0.39, 0.29) is 22.8 Å². The van der Waals surface area contributed by atoms with E-state index in [1.165, 1.54) is 35.1 Å². The maximum Gasteiger partial charge on any atom is 0.275 e. The summed E-state index contributed by atoms with van der Waals surface area (Å²) < 4.78 is 1.40. The van der Waals surface area contributed by atoms with E-state index < -0.39 is 0 Å². The van der Waals surface area contributed by atoms with Crippen molar-refractivity contribution in [3.8, 4) is 0 Å². The highest BCUT2D eigenvalue weighted by atomic mass is 32.2. The second-order valence-electron chi connectivity index (χ2n) is 10.8. The van der Waals surface area contributed by atoms with Crippen LogP contribution in [0.2, 0.25) is 0 Å². The van der Waals surface area contributed by atoms with Crippen molar-refractivity contribution in [1.29, 1.82) is 0 Å². The van der Waals surface area contributed by atoms with E-state index >= 15 is 0 Å². The number of para-hydroxylation sites is 1. The molecule has 4 saturated carbocycles. The molecule has 178 valence electrons. The molecule has 7 rings (SSSR count). The Morgan fingerprint density at radius 1 is 1.18 bits per heavy atom. The molecule has 34 heavy (non-hydrogen) atoms. The average molecular weight is 495 g/mol. The first kappa shape index (κ1) is 22.3. The largest absolute Gasteiger partial charge is 0.325 e. The molecule has 4 fully saturated rings. The zero-order chi connectivity index (χ0) is 23.4. The fraction of sp³-hybridized carbons (Fsp3) is 0.538. The topological polar surface area (TPSA) is 76.4 Å². The predicted molar refractivity (Wildman–Crippen MR) is 136 cm³/mol. The third kappa shape index (κ3) is 3.98. The molecule has 0 radical (unpaired) electrons. The predicted octanol–water partition coefficient (Wildman–Crippen LogP) is 5.72. The lowest BCUT2D eigenvalue weighted by Gasteiger charge is -2.55. The van der Waals surface area contributed by atoms with Crippen LogP contribution in [0.15, 0.2) is 40.0 Å². The maximum atomic E-state index is 13.6. The van der Waals surface area contributed by atoms with E-state index in [4.69, 9.17) is 0 Å². The van der Waals surface area contributed by atoms with Gasteiger partial charge >= 0.3 is 0 Å². The number of hydrogen-bond acceptors (Lipinski definition) is 6. The van der Waals surface area contributed by atoms with Gasteiger partial charge in [-0.05, 0) is 68.4 Å². The van der Waals surface area contributed by atoms with Crippen molar-refractivity contribution < 1.29 is 4.79 Å². The van der Waals surface area contributed by atoms with Gasteiger partial charge in [0.1, 0.15) is 5.01 Å². The van der Waals surface area contributed by atoms with Gasteiger partial charge in [-0.15, -0.1) is 11.8 Å². The van der Waals surface area contributed by atoms with E-state index in [9.17, 15) is 9.59 Å². The Hall–Kier alpha value is -2.19. The number of carbonyl (C=O) groups is 1. The molecular weight excluding hydrogens is 464 g/mol. The number of fused-ring (bicyclic) bond motifs is 1. The molecule has 2 aromatic heterocycles. The van der Waals surface area contributed by atoms with Crippen LogP contribution in [0.5, 0.6) is 0 Å². The van der Waals surface area contributed by atoms with Gasteiger partial charge in [0.2, 0.25) is 10.9 Å². The van der Waals surface area contributed by atoms with E-state index in [1.54, 1.807) is 17.8 Å². The van der Waals surface area contributed by atoms with Gasteiger partial charge in [0.05, 0.1) is 16.8 Å². The molecule has 4 bridgehead atoms. The van der Waals surface area contributed by atoms with Crippen LogP contribution < -0.4 is 10.9 Å². The standard InChI is InChI=1S/C26H30N4O2S2/c1-15(2)23-29-30-22(31)10-19(27-25(30)34-23)14-33-21-6-4-3-5-20(21)28-24(32)26-11-16-7-17(12-26)9-18(8-16)13-26/h3-6,10,15-18H,7-9,11-14H2,1-2H3,(H,28,32). The Bertz CT molecular complexity index is 1280. The van der Waals surface area contributed by atoms with Gasteiger partial charge < -0.3 is 5.32 Å². The van der Waals surface area contributed by atoms with Crippen LogP contribution in [0.25, 0.3) is 4.96 Å². The van der Waals surface area contributed by atoms with E-state index in [2.05, 4.69) is 29.2 Å². The van der Waals surface area contributed by atoms with Crippen LogP contribution in [-0.4, -0.2) is 20.5 Å². The van der Waals surface area contributed by atoms with Crippen molar-refractivity contribution >= 4 is 39.7 Å². The third-order valence-corrected chi connectivity index (χ3v) is 10.2. The number of rotatable bonds is 6. The summed E-state index contributed by atoms with van der Waals surface area (Å²) in [6.45, 7) is 4.13. The molecule has 0 aliphatic heterocycles. The highest BCUT2D eigenvalue weighted by molar-refractivity contribution is 7.98. The number of carbonyl (C=O) groups excluding carboxylic acids is 1. The van der Waals surface area contributed by atoms with Crippen molar-refractivity contribution in [2.75, 3.05) is 5.32 Å². The second-order valence-corrected chi connectivity index (χ2v) is 12.8. The Morgan fingerprint density at radius 2 is 1.85 bits per heavy atom. The smallest absolute Gasteiger partial charge is 0.275 e. The van der Waals surface area contributed by atoms with Gasteiger partial charge in [0, 0.05) is 22.6 Å². The molecule has 8 heteroatoms. The second kappa shape index (κ2) is 8.48. The lowest BCUT2D eigenvalue weighted by molar-refractivity contribution is -0.140. The fourth-order valence-electron chi connectivity index (χ4n) is 6.67. The minimum Gasteiger partial charge on any atom is -0.325 e. The molecule has 0 spiro atoms. The van der Waals surface area contributed by atoms with Crippen LogP contribution in [-0.2, 0) is 10.5 Å². The lowest BCUT2D eigenvalue weighted by Crippen LogP contribution is -2.51. The number of benzene rings is 1. The normalized spacial score (nSPS) is 27.6. The van der Waals surface area contributed by atoms with Gasteiger partial charge in [-0.1, -0.05) is 37.3 Å². The molecule has 2 heterocycles. The molecule has 1 N–H and O–H groups in total. The molecule has 0 unspecified atom stereocenters. The number of hydrogen-bond donors (Lipinski definition) is 1. The van der Waals surface area contributed by atoms with Crippen molar-refractivity contribution in [3.63, 3.8) is 0 Å². The van der Waals surface area contributed by atoms with Gasteiger partial charge in [0.15, 0.2) is 0 Å². The summed E-state index contributed by atoms with van der Waals surface area (Å²) >= 11 is 3.08. The SMILES string of the molecule is CC(C)c1nn2c(=O)cc(CSc3ccccc3NC(=O)C34CC5CC(CC(C5)C3)C4)nc2s1. The van der Waals surface area contributed by atoms with Crippen LogP contribution in [0, 0.1) is 23.2 Å². The summed E-state index contributed by atoms with van der Waals surface area (Å²) in [5, 5.41) is 8.62. The summed E-state index contributed by atoms with van der Waals surface area (Å²) in [5.41, 5.74) is 1.28. The molecule has 1 aromatic carbocycles.